The second-order valence-electron chi connectivity index (χ2n) is 7.17. The van der Waals surface area contributed by atoms with Crippen molar-refractivity contribution in [2.75, 3.05) is 19.8 Å². The molecule has 2 aromatic carbocycles. The lowest BCUT2D eigenvalue weighted by Gasteiger charge is -2.29. The molecule has 1 fully saturated rings. The maximum atomic E-state index is 12.9. The van der Waals surface area contributed by atoms with E-state index in [1.165, 1.54) is 0 Å². The Balaban J connectivity index is 1.63. The predicted octanol–water partition coefficient (Wildman–Crippen LogP) is 2.78. The SMILES string of the molecule is C[C@H](C(=O)NC[C@H]1CCCO1)N(Cc1ccccc1)C(=O)COc1ccccc1. The second kappa shape index (κ2) is 10.6. The summed E-state index contributed by atoms with van der Waals surface area (Å²) in [6.07, 6.45) is 2.03. The quantitative estimate of drug-likeness (QED) is 0.708. The summed E-state index contributed by atoms with van der Waals surface area (Å²) in [5.74, 6) is 0.193. The maximum absolute atomic E-state index is 12.9. The highest BCUT2D eigenvalue weighted by molar-refractivity contribution is 5.88. The van der Waals surface area contributed by atoms with E-state index >= 15 is 0 Å². The molecule has 1 aliphatic rings. The fraction of sp³-hybridized carbons (Fsp3) is 0.391. The molecule has 6 nitrogen and oxygen atoms in total. The van der Waals surface area contributed by atoms with E-state index in [4.69, 9.17) is 9.47 Å². The van der Waals surface area contributed by atoms with Crippen molar-refractivity contribution in [3.8, 4) is 5.75 Å². The van der Waals surface area contributed by atoms with Crippen LogP contribution in [0.1, 0.15) is 25.3 Å². The number of benzene rings is 2. The van der Waals surface area contributed by atoms with Crippen LogP contribution in [0.5, 0.6) is 5.75 Å². The van der Waals surface area contributed by atoms with E-state index in [2.05, 4.69) is 5.32 Å². The molecule has 1 heterocycles. The summed E-state index contributed by atoms with van der Waals surface area (Å²) in [5, 5.41) is 2.92. The Morgan fingerprint density at radius 3 is 2.48 bits per heavy atom. The molecule has 2 aromatic rings. The van der Waals surface area contributed by atoms with Crippen molar-refractivity contribution in [3.05, 3.63) is 66.2 Å². The third kappa shape index (κ3) is 6.32. The van der Waals surface area contributed by atoms with E-state index in [-0.39, 0.29) is 24.5 Å². The van der Waals surface area contributed by atoms with Gasteiger partial charge in [0.25, 0.3) is 5.91 Å². The summed E-state index contributed by atoms with van der Waals surface area (Å²) in [4.78, 5) is 27.2. The van der Waals surface area contributed by atoms with Crippen LogP contribution in [0.25, 0.3) is 0 Å². The number of hydrogen-bond acceptors (Lipinski definition) is 4. The van der Waals surface area contributed by atoms with Crippen molar-refractivity contribution in [1.82, 2.24) is 10.2 Å². The maximum Gasteiger partial charge on any atom is 0.261 e. The smallest absolute Gasteiger partial charge is 0.261 e. The average Bonchev–Trinajstić information content (AvgIpc) is 3.29. The van der Waals surface area contributed by atoms with Gasteiger partial charge in [-0.05, 0) is 37.5 Å². The predicted molar refractivity (Wildman–Crippen MR) is 110 cm³/mol. The van der Waals surface area contributed by atoms with Crippen LogP contribution in [0.4, 0.5) is 0 Å². The van der Waals surface area contributed by atoms with E-state index in [0.29, 0.717) is 18.8 Å². The van der Waals surface area contributed by atoms with Crippen molar-refractivity contribution in [1.29, 1.82) is 0 Å². The van der Waals surface area contributed by atoms with Crippen LogP contribution in [0.3, 0.4) is 0 Å². The van der Waals surface area contributed by atoms with Gasteiger partial charge in [-0.3, -0.25) is 9.59 Å². The standard InChI is InChI=1S/C23H28N2O4/c1-18(23(27)24-15-21-13-8-14-28-21)25(16-19-9-4-2-5-10-19)22(26)17-29-20-11-6-3-7-12-20/h2-7,9-12,18,21H,8,13-17H2,1H3,(H,24,27)/t18-,21-/m1/s1. The molecule has 1 aliphatic heterocycles. The first kappa shape index (κ1) is 20.9. The molecular formula is C23H28N2O4. The first-order valence-electron chi connectivity index (χ1n) is 10.0. The van der Waals surface area contributed by atoms with Gasteiger partial charge in [-0.25, -0.2) is 0 Å². The third-order valence-electron chi connectivity index (χ3n) is 5.00. The molecule has 2 amide bonds. The van der Waals surface area contributed by atoms with Gasteiger partial charge in [-0.15, -0.1) is 0 Å². The molecule has 2 atom stereocenters. The monoisotopic (exact) mass is 396 g/mol. The number of nitrogens with zero attached hydrogens (tertiary/aromatic N) is 1. The zero-order valence-electron chi connectivity index (χ0n) is 16.8. The first-order valence-corrected chi connectivity index (χ1v) is 10.0. The lowest BCUT2D eigenvalue weighted by Crippen LogP contribution is -2.50. The lowest BCUT2D eigenvalue weighted by molar-refractivity contribution is -0.142. The molecule has 29 heavy (non-hydrogen) atoms. The highest BCUT2D eigenvalue weighted by Crippen LogP contribution is 2.13. The molecule has 0 radical (unpaired) electrons. The van der Waals surface area contributed by atoms with Gasteiger partial charge < -0.3 is 19.7 Å². The van der Waals surface area contributed by atoms with Crippen LogP contribution in [0.15, 0.2) is 60.7 Å². The number of para-hydroxylation sites is 1. The number of ether oxygens (including phenoxy) is 2. The van der Waals surface area contributed by atoms with Gasteiger partial charge in [0.2, 0.25) is 5.91 Å². The molecular weight excluding hydrogens is 368 g/mol. The van der Waals surface area contributed by atoms with Crippen LogP contribution < -0.4 is 10.1 Å². The summed E-state index contributed by atoms with van der Waals surface area (Å²) in [5.41, 5.74) is 0.958. The number of hydrogen-bond donors (Lipinski definition) is 1. The van der Waals surface area contributed by atoms with E-state index in [1.807, 2.05) is 48.5 Å². The zero-order chi connectivity index (χ0) is 20.5. The van der Waals surface area contributed by atoms with Gasteiger partial charge in [-0.1, -0.05) is 48.5 Å². The fourth-order valence-corrected chi connectivity index (χ4v) is 3.27. The fourth-order valence-electron chi connectivity index (χ4n) is 3.27. The molecule has 0 aliphatic carbocycles. The molecule has 3 rings (SSSR count). The van der Waals surface area contributed by atoms with Crippen molar-refractivity contribution in [2.45, 2.75) is 38.5 Å². The zero-order valence-corrected chi connectivity index (χ0v) is 16.8. The summed E-state index contributed by atoms with van der Waals surface area (Å²) in [7, 11) is 0. The molecule has 0 aromatic heterocycles. The molecule has 0 saturated carbocycles. The topological polar surface area (TPSA) is 67.9 Å². The second-order valence-corrected chi connectivity index (χ2v) is 7.17. The van der Waals surface area contributed by atoms with Crippen molar-refractivity contribution in [3.63, 3.8) is 0 Å². The van der Waals surface area contributed by atoms with Crippen LogP contribution in [0.2, 0.25) is 0 Å². The third-order valence-corrected chi connectivity index (χ3v) is 5.00. The normalized spacial score (nSPS) is 16.8. The Bertz CT molecular complexity index is 776. The van der Waals surface area contributed by atoms with Crippen LogP contribution in [0, 0.1) is 0 Å². The van der Waals surface area contributed by atoms with E-state index < -0.39 is 6.04 Å². The summed E-state index contributed by atoms with van der Waals surface area (Å²) in [6, 6.07) is 18.2. The van der Waals surface area contributed by atoms with Crippen molar-refractivity contribution >= 4 is 11.8 Å². The van der Waals surface area contributed by atoms with Crippen LogP contribution in [-0.2, 0) is 20.9 Å². The van der Waals surface area contributed by atoms with Gasteiger partial charge in [0, 0.05) is 19.7 Å². The van der Waals surface area contributed by atoms with Crippen molar-refractivity contribution < 1.29 is 19.1 Å². The highest BCUT2D eigenvalue weighted by Gasteiger charge is 2.27. The Kier molecular flexibility index (Phi) is 7.64. The largest absolute Gasteiger partial charge is 0.484 e. The number of nitrogens with one attached hydrogen (secondary N) is 1. The molecule has 0 unspecified atom stereocenters. The Hall–Kier alpha value is -2.86. The molecule has 1 N–H and O–H groups in total. The minimum absolute atomic E-state index is 0.0610. The average molecular weight is 396 g/mol. The van der Waals surface area contributed by atoms with Crippen LogP contribution >= 0.6 is 0 Å². The number of carbonyl (C=O) groups excluding carboxylic acids is 2. The number of carbonyl (C=O) groups is 2. The van der Waals surface area contributed by atoms with Gasteiger partial charge >= 0.3 is 0 Å². The molecule has 0 bridgehead atoms. The van der Waals surface area contributed by atoms with E-state index in [1.54, 1.807) is 24.0 Å². The summed E-state index contributed by atoms with van der Waals surface area (Å²) in [6.45, 7) is 3.17. The number of rotatable bonds is 9. The van der Waals surface area contributed by atoms with Gasteiger partial charge in [0.15, 0.2) is 6.61 Å². The van der Waals surface area contributed by atoms with Crippen molar-refractivity contribution in [2.24, 2.45) is 0 Å². The van der Waals surface area contributed by atoms with E-state index in [0.717, 1.165) is 25.0 Å². The van der Waals surface area contributed by atoms with Crippen LogP contribution in [-0.4, -0.2) is 48.6 Å². The van der Waals surface area contributed by atoms with E-state index in [9.17, 15) is 9.59 Å². The molecule has 0 spiro atoms. The van der Waals surface area contributed by atoms with Gasteiger partial charge in [-0.2, -0.15) is 0 Å². The Morgan fingerprint density at radius 2 is 1.83 bits per heavy atom. The summed E-state index contributed by atoms with van der Waals surface area (Å²) >= 11 is 0. The Labute approximate surface area is 171 Å². The minimum atomic E-state index is -0.622. The van der Waals surface area contributed by atoms with Gasteiger partial charge in [0.05, 0.1) is 6.10 Å². The first-order chi connectivity index (χ1) is 14.1. The lowest BCUT2D eigenvalue weighted by atomic mass is 10.1. The summed E-state index contributed by atoms with van der Waals surface area (Å²) < 4.78 is 11.2. The van der Waals surface area contributed by atoms with Gasteiger partial charge in [0.1, 0.15) is 11.8 Å². The molecule has 6 heteroatoms. The highest BCUT2D eigenvalue weighted by atomic mass is 16.5. The minimum Gasteiger partial charge on any atom is -0.484 e. The molecule has 1 saturated heterocycles. The Morgan fingerprint density at radius 1 is 1.14 bits per heavy atom. The number of amides is 2. The molecule has 154 valence electrons.